The van der Waals surface area contributed by atoms with Crippen LogP contribution in [0.3, 0.4) is 0 Å². The average Bonchev–Trinajstić information content (AvgIpc) is 3.03. The van der Waals surface area contributed by atoms with E-state index in [9.17, 15) is 0 Å². The third-order valence-corrected chi connectivity index (χ3v) is 6.49. The largest absolute Gasteiger partial charge is 0.331 e. The predicted molar refractivity (Wildman–Crippen MR) is 114 cm³/mol. The number of fused-ring (bicyclic) bond motifs is 3. The van der Waals surface area contributed by atoms with E-state index in [0.717, 1.165) is 0 Å². The highest BCUT2D eigenvalue weighted by molar-refractivity contribution is 6.08. The molecule has 2 aliphatic carbocycles. The third-order valence-electron chi connectivity index (χ3n) is 6.49. The van der Waals surface area contributed by atoms with Gasteiger partial charge < -0.3 is 4.57 Å². The molecule has 2 nitrogen and oxygen atoms in total. The van der Waals surface area contributed by atoms with Gasteiger partial charge in [-0.05, 0) is 44.7 Å². The Balaban J connectivity index is 1.65. The Labute approximate surface area is 161 Å². The number of hydrogen-bond donors (Lipinski definition) is 1. The second kappa shape index (κ2) is 6.99. The van der Waals surface area contributed by atoms with E-state index < -0.39 is 0 Å². The molecule has 0 amide bonds. The van der Waals surface area contributed by atoms with Gasteiger partial charge in [-0.3, -0.25) is 0 Å². The molecule has 0 unspecified atom stereocenters. The van der Waals surface area contributed by atoms with Crippen LogP contribution in [0.5, 0.6) is 0 Å². The van der Waals surface area contributed by atoms with E-state index in [1.807, 2.05) is 0 Å². The Hall–Kier alpha value is -2.35. The zero-order valence-electron chi connectivity index (χ0n) is 16.2. The first-order chi connectivity index (χ1) is 13.3. The quantitative estimate of drug-likeness (QED) is 0.671. The Morgan fingerprint density at radius 2 is 1.48 bits per heavy atom. The molecule has 1 saturated carbocycles. The van der Waals surface area contributed by atoms with Crippen molar-refractivity contribution in [2.75, 3.05) is 0 Å². The highest BCUT2D eigenvalue weighted by Crippen LogP contribution is 2.36. The third kappa shape index (κ3) is 3.01. The first kappa shape index (κ1) is 16.8. The van der Waals surface area contributed by atoms with E-state index in [0.29, 0.717) is 12.1 Å². The summed E-state index contributed by atoms with van der Waals surface area (Å²) in [6.45, 7) is 2.27. The number of aromatic nitrogens is 1. The Morgan fingerprint density at radius 1 is 0.815 bits per heavy atom. The van der Waals surface area contributed by atoms with Gasteiger partial charge in [0.2, 0.25) is 0 Å². The van der Waals surface area contributed by atoms with Crippen molar-refractivity contribution < 1.29 is 4.99 Å². The van der Waals surface area contributed by atoms with Gasteiger partial charge in [-0.15, -0.1) is 0 Å². The molecular formula is C25H29N2+. The number of allylic oxidation sites excluding steroid dienone is 2. The summed E-state index contributed by atoms with van der Waals surface area (Å²) in [7, 11) is 0. The van der Waals surface area contributed by atoms with E-state index in [1.165, 1.54) is 78.0 Å². The number of hydrogen-bond acceptors (Lipinski definition) is 0. The van der Waals surface area contributed by atoms with Crippen LogP contribution in [-0.2, 0) is 0 Å². The maximum absolute atomic E-state index is 3.98. The Bertz CT molecular complexity index is 984. The minimum absolute atomic E-state index is 0.520. The standard InChI is InChI=1S/C25H28N2/c1-18-9-8-10-19(17-18)26-22-13-4-7-16-25(22)27-23-14-5-2-11-20(23)21-12-3-6-15-24(21)27/h2-3,5-6,11-12,14-15,17,22,25H,4,7-10,13,16H2,1H3/p+1/t22-,25-/m1/s1. The lowest BCUT2D eigenvalue weighted by Crippen LogP contribution is -2.81. The molecule has 1 N–H and O–H groups in total. The van der Waals surface area contributed by atoms with E-state index in [2.05, 4.69) is 71.1 Å². The zero-order valence-corrected chi connectivity index (χ0v) is 16.2. The Morgan fingerprint density at radius 3 is 2.19 bits per heavy atom. The van der Waals surface area contributed by atoms with Gasteiger partial charge in [0, 0.05) is 40.7 Å². The summed E-state index contributed by atoms with van der Waals surface area (Å²) in [5, 5.41) is 2.77. The molecule has 1 fully saturated rings. The molecule has 0 spiro atoms. The first-order valence-corrected chi connectivity index (χ1v) is 10.6. The lowest BCUT2D eigenvalue weighted by molar-refractivity contribution is -0.515. The SMILES string of the molecule is CC1=CC(=[NH+][C@@H]2CCCC[C@H]2n2c3ccccc3c3ccccc32)CCC1. The number of rotatable bonds is 2. The van der Waals surface area contributed by atoms with Crippen LogP contribution in [0.1, 0.15) is 57.9 Å². The molecule has 1 heterocycles. The summed E-state index contributed by atoms with van der Waals surface area (Å²) in [6.07, 6.45) is 11.3. The van der Waals surface area contributed by atoms with Crippen LogP contribution < -0.4 is 4.99 Å². The molecule has 27 heavy (non-hydrogen) atoms. The summed E-state index contributed by atoms with van der Waals surface area (Å²) >= 11 is 0. The fourth-order valence-electron chi connectivity index (χ4n) is 5.25. The number of nitrogens with one attached hydrogen (secondary N) is 1. The van der Waals surface area contributed by atoms with Gasteiger partial charge in [0.15, 0.2) is 11.8 Å². The minimum Gasteiger partial charge on any atom is -0.331 e. The van der Waals surface area contributed by atoms with Gasteiger partial charge >= 0.3 is 0 Å². The fraction of sp³-hybridized carbons (Fsp3) is 0.400. The van der Waals surface area contributed by atoms with E-state index in [1.54, 1.807) is 0 Å². The van der Waals surface area contributed by atoms with Crippen LogP contribution in [0.2, 0.25) is 0 Å². The molecule has 2 aliphatic rings. The van der Waals surface area contributed by atoms with Crippen LogP contribution >= 0.6 is 0 Å². The summed E-state index contributed by atoms with van der Waals surface area (Å²) in [6, 6.07) is 18.9. The fourth-order valence-corrected chi connectivity index (χ4v) is 5.25. The smallest absolute Gasteiger partial charge is 0.174 e. The van der Waals surface area contributed by atoms with E-state index >= 15 is 0 Å². The molecule has 0 bridgehead atoms. The molecule has 2 heteroatoms. The minimum atomic E-state index is 0.520. The van der Waals surface area contributed by atoms with Gasteiger partial charge in [-0.25, -0.2) is 4.99 Å². The monoisotopic (exact) mass is 357 g/mol. The number of nitrogens with zero attached hydrogens (tertiary/aromatic N) is 1. The van der Waals surface area contributed by atoms with Crippen LogP contribution in [0.25, 0.3) is 21.8 Å². The summed E-state index contributed by atoms with van der Waals surface area (Å²) in [5.74, 6) is 0. The topological polar surface area (TPSA) is 18.9 Å². The van der Waals surface area contributed by atoms with Crippen molar-refractivity contribution in [3.63, 3.8) is 0 Å². The molecule has 138 valence electrons. The highest BCUT2D eigenvalue weighted by Gasteiger charge is 2.33. The van der Waals surface area contributed by atoms with Crippen molar-refractivity contribution in [3.05, 3.63) is 60.2 Å². The molecule has 0 saturated heterocycles. The van der Waals surface area contributed by atoms with Crippen molar-refractivity contribution >= 4 is 27.5 Å². The van der Waals surface area contributed by atoms with Crippen LogP contribution in [0.4, 0.5) is 0 Å². The maximum atomic E-state index is 3.98. The molecule has 0 aliphatic heterocycles. The van der Waals surface area contributed by atoms with E-state index in [4.69, 9.17) is 0 Å². The number of para-hydroxylation sites is 2. The van der Waals surface area contributed by atoms with Crippen LogP contribution in [0.15, 0.2) is 60.2 Å². The van der Waals surface area contributed by atoms with Crippen molar-refractivity contribution in [3.8, 4) is 0 Å². The van der Waals surface area contributed by atoms with Crippen molar-refractivity contribution in [2.24, 2.45) is 0 Å². The molecular weight excluding hydrogens is 328 g/mol. The molecule has 0 radical (unpaired) electrons. The molecule has 2 atom stereocenters. The lowest BCUT2D eigenvalue weighted by atomic mass is 9.89. The van der Waals surface area contributed by atoms with Crippen molar-refractivity contribution in [2.45, 2.75) is 64.0 Å². The normalized spacial score (nSPS) is 25.2. The highest BCUT2D eigenvalue weighted by atomic mass is 15.1. The van der Waals surface area contributed by atoms with Gasteiger partial charge in [0.25, 0.3) is 0 Å². The van der Waals surface area contributed by atoms with Crippen LogP contribution in [-0.4, -0.2) is 16.3 Å². The van der Waals surface area contributed by atoms with Crippen molar-refractivity contribution in [1.29, 1.82) is 0 Å². The zero-order chi connectivity index (χ0) is 18.2. The second-order valence-corrected chi connectivity index (χ2v) is 8.38. The summed E-state index contributed by atoms with van der Waals surface area (Å²) in [5.41, 5.74) is 5.75. The van der Waals surface area contributed by atoms with Crippen molar-refractivity contribution in [1.82, 2.24) is 4.57 Å². The van der Waals surface area contributed by atoms with Gasteiger partial charge in [0.1, 0.15) is 0 Å². The maximum Gasteiger partial charge on any atom is 0.174 e. The first-order valence-electron chi connectivity index (χ1n) is 10.6. The average molecular weight is 358 g/mol. The molecule has 1 aromatic heterocycles. The van der Waals surface area contributed by atoms with Gasteiger partial charge in [-0.1, -0.05) is 48.4 Å². The Kier molecular flexibility index (Phi) is 4.35. The predicted octanol–water partition coefficient (Wildman–Crippen LogP) is 4.93. The summed E-state index contributed by atoms with van der Waals surface area (Å²) in [4.78, 5) is 3.98. The molecule has 5 rings (SSSR count). The number of benzene rings is 2. The second-order valence-electron chi connectivity index (χ2n) is 8.38. The van der Waals surface area contributed by atoms with Gasteiger partial charge in [-0.2, -0.15) is 0 Å². The molecule has 3 aromatic rings. The molecule has 2 aromatic carbocycles. The van der Waals surface area contributed by atoms with E-state index in [-0.39, 0.29) is 0 Å². The van der Waals surface area contributed by atoms with Crippen LogP contribution in [0, 0.1) is 0 Å². The van der Waals surface area contributed by atoms with Gasteiger partial charge in [0.05, 0.1) is 6.04 Å². The summed E-state index contributed by atoms with van der Waals surface area (Å²) < 4.78 is 2.64. The lowest BCUT2D eigenvalue weighted by Gasteiger charge is -2.28.